The Labute approximate surface area is 155 Å². The van der Waals surface area contributed by atoms with E-state index in [4.69, 9.17) is 0 Å². The third-order valence-corrected chi connectivity index (χ3v) is 5.05. The zero-order valence-electron chi connectivity index (χ0n) is 16.1. The van der Waals surface area contributed by atoms with E-state index >= 15 is 0 Å². The van der Waals surface area contributed by atoms with Crippen LogP contribution in [0.15, 0.2) is 12.1 Å². The number of carbonyl (C=O) groups excluding carboxylic acids is 3. The third-order valence-electron chi connectivity index (χ3n) is 5.05. The number of ether oxygens (including phenoxy) is 1. The minimum absolute atomic E-state index is 0.0625. The number of nitrogens with zero attached hydrogens (tertiary/aromatic N) is 2. The van der Waals surface area contributed by atoms with E-state index in [1.165, 1.54) is 18.2 Å². The smallest absolute Gasteiger partial charge is 0.306 e. The number of amides is 2. The molecule has 0 unspecified atom stereocenters. The molecule has 142 valence electrons. The summed E-state index contributed by atoms with van der Waals surface area (Å²) in [4.78, 5) is 39.4. The molecule has 0 radical (unpaired) electrons. The van der Waals surface area contributed by atoms with Crippen LogP contribution in [0.4, 0.5) is 0 Å². The Hall–Kier alpha value is -2.37. The van der Waals surface area contributed by atoms with Gasteiger partial charge in [0.15, 0.2) is 0 Å². The van der Waals surface area contributed by atoms with Crippen LogP contribution in [-0.2, 0) is 25.5 Å². The lowest BCUT2D eigenvalue weighted by molar-refractivity contribution is -0.144. The van der Waals surface area contributed by atoms with Crippen molar-refractivity contribution in [3.05, 3.63) is 34.4 Å². The summed E-state index contributed by atoms with van der Waals surface area (Å²) in [6, 6.07) is 4.21. The average Bonchev–Trinajstić information content (AvgIpc) is 2.63. The van der Waals surface area contributed by atoms with E-state index in [9.17, 15) is 14.4 Å². The Kier molecular flexibility index (Phi) is 6.77. The van der Waals surface area contributed by atoms with E-state index in [1.807, 2.05) is 11.8 Å². The second-order valence-electron chi connectivity index (χ2n) is 6.88. The number of hydrogen-bond acceptors (Lipinski definition) is 4. The molecule has 1 fully saturated rings. The van der Waals surface area contributed by atoms with E-state index < -0.39 is 0 Å². The number of benzene rings is 1. The van der Waals surface area contributed by atoms with Crippen molar-refractivity contribution in [1.82, 2.24) is 9.80 Å². The van der Waals surface area contributed by atoms with Gasteiger partial charge in [-0.3, -0.25) is 14.4 Å². The van der Waals surface area contributed by atoms with E-state index in [2.05, 4.69) is 30.7 Å². The van der Waals surface area contributed by atoms with Crippen molar-refractivity contribution < 1.29 is 19.1 Å². The van der Waals surface area contributed by atoms with Crippen molar-refractivity contribution in [3.8, 4) is 0 Å². The number of hydrogen-bond donors (Lipinski definition) is 0. The summed E-state index contributed by atoms with van der Waals surface area (Å²) >= 11 is 0. The average molecular weight is 360 g/mol. The highest BCUT2D eigenvalue weighted by molar-refractivity contribution is 5.82. The number of methoxy groups -OCH3 is 1. The van der Waals surface area contributed by atoms with Gasteiger partial charge in [-0.1, -0.05) is 12.1 Å². The molecule has 1 aliphatic heterocycles. The summed E-state index contributed by atoms with van der Waals surface area (Å²) in [5.41, 5.74) is 4.63. The van der Waals surface area contributed by atoms with Gasteiger partial charge >= 0.3 is 5.97 Å². The van der Waals surface area contributed by atoms with Gasteiger partial charge in [-0.05, 0) is 43.0 Å². The highest BCUT2D eigenvalue weighted by Gasteiger charge is 2.24. The lowest BCUT2D eigenvalue weighted by Crippen LogP contribution is -2.51. The van der Waals surface area contributed by atoms with E-state index in [-0.39, 0.29) is 30.6 Å². The maximum absolute atomic E-state index is 12.6. The van der Waals surface area contributed by atoms with Crippen LogP contribution in [-0.4, -0.2) is 60.9 Å². The SMILES string of the molecule is COC(=O)CCC(=O)N1CCN(C(=O)Cc2cc(C)c(C)cc2C)CC1. The first kappa shape index (κ1) is 19.9. The van der Waals surface area contributed by atoms with Crippen molar-refractivity contribution in [2.24, 2.45) is 0 Å². The van der Waals surface area contributed by atoms with Crippen LogP contribution >= 0.6 is 0 Å². The van der Waals surface area contributed by atoms with Crippen LogP contribution in [0.5, 0.6) is 0 Å². The molecule has 2 amide bonds. The van der Waals surface area contributed by atoms with E-state index in [1.54, 1.807) is 4.90 Å². The minimum Gasteiger partial charge on any atom is -0.469 e. The Bertz CT molecular complexity index is 691. The summed E-state index contributed by atoms with van der Waals surface area (Å²) in [7, 11) is 1.31. The van der Waals surface area contributed by atoms with Crippen LogP contribution in [0, 0.1) is 20.8 Å². The highest BCUT2D eigenvalue weighted by atomic mass is 16.5. The van der Waals surface area contributed by atoms with E-state index in [0.717, 1.165) is 11.1 Å². The van der Waals surface area contributed by atoms with Gasteiger partial charge in [0.05, 0.1) is 20.0 Å². The summed E-state index contributed by atoms with van der Waals surface area (Å²) in [5, 5.41) is 0. The van der Waals surface area contributed by atoms with Crippen molar-refractivity contribution in [3.63, 3.8) is 0 Å². The lowest BCUT2D eigenvalue weighted by Gasteiger charge is -2.35. The Morgan fingerprint density at radius 1 is 0.846 bits per heavy atom. The normalized spacial score (nSPS) is 14.3. The predicted octanol–water partition coefficient (Wildman–Crippen LogP) is 1.78. The molecule has 1 aromatic carbocycles. The molecule has 0 saturated carbocycles. The lowest BCUT2D eigenvalue weighted by atomic mass is 9.98. The summed E-state index contributed by atoms with van der Waals surface area (Å²) < 4.78 is 4.56. The standard InChI is InChI=1S/C20H28N2O4/c1-14-11-16(3)17(12-15(14)2)13-19(24)22-9-7-21(8-10-22)18(23)5-6-20(25)26-4/h11-12H,5-10,13H2,1-4H3. The van der Waals surface area contributed by atoms with Gasteiger partial charge < -0.3 is 14.5 Å². The first-order valence-corrected chi connectivity index (χ1v) is 9.01. The summed E-state index contributed by atoms with van der Waals surface area (Å²) in [5.74, 6) is -0.346. The fraction of sp³-hybridized carbons (Fsp3) is 0.550. The number of esters is 1. The predicted molar refractivity (Wildman–Crippen MR) is 98.8 cm³/mol. The zero-order valence-corrected chi connectivity index (χ0v) is 16.1. The first-order valence-electron chi connectivity index (χ1n) is 9.01. The van der Waals surface area contributed by atoms with Crippen LogP contribution < -0.4 is 0 Å². The van der Waals surface area contributed by atoms with Gasteiger partial charge in [0.2, 0.25) is 11.8 Å². The van der Waals surface area contributed by atoms with Gasteiger partial charge in [0.25, 0.3) is 0 Å². The molecule has 0 N–H and O–H groups in total. The molecule has 6 heteroatoms. The maximum atomic E-state index is 12.6. The molecule has 0 bridgehead atoms. The van der Waals surface area contributed by atoms with Crippen molar-refractivity contribution in [2.45, 2.75) is 40.0 Å². The van der Waals surface area contributed by atoms with Crippen LogP contribution in [0.2, 0.25) is 0 Å². The molecule has 26 heavy (non-hydrogen) atoms. The molecule has 1 saturated heterocycles. The van der Waals surface area contributed by atoms with Gasteiger partial charge in [-0.25, -0.2) is 0 Å². The van der Waals surface area contributed by atoms with Crippen LogP contribution in [0.1, 0.15) is 35.1 Å². The van der Waals surface area contributed by atoms with Crippen molar-refractivity contribution in [1.29, 1.82) is 0 Å². The number of carbonyl (C=O) groups is 3. The molecule has 0 spiro atoms. The molecule has 1 aromatic rings. The van der Waals surface area contributed by atoms with Crippen LogP contribution in [0.3, 0.4) is 0 Å². The molecular weight excluding hydrogens is 332 g/mol. The minimum atomic E-state index is -0.379. The molecule has 0 aliphatic carbocycles. The molecule has 0 aromatic heterocycles. The molecule has 1 heterocycles. The molecule has 6 nitrogen and oxygen atoms in total. The first-order chi connectivity index (χ1) is 12.3. The fourth-order valence-electron chi connectivity index (χ4n) is 3.16. The van der Waals surface area contributed by atoms with Gasteiger partial charge in [0, 0.05) is 32.6 Å². The van der Waals surface area contributed by atoms with Gasteiger partial charge in [-0.2, -0.15) is 0 Å². The number of rotatable bonds is 5. The Morgan fingerprint density at radius 2 is 1.38 bits per heavy atom. The molecular formula is C20H28N2O4. The molecule has 2 rings (SSSR count). The monoisotopic (exact) mass is 360 g/mol. The summed E-state index contributed by atoms with van der Waals surface area (Å²) in [6.45, 7) is 8.26. The van der Waals surface area contributed by atoms with E-state index in [0.29, 0.717) is 32.6 Å². The third kappa shape index (κ3) is 5.07. The number of aryl methyl sites for hydroxylation is 3. The summed E-state index contributed by atoms with van der Waals surface area (Å²) in [6.07, 6.45) is 0.645. The second kappa shape index (κ2) is 8.83. The maximum Gasteiger partial charge on any atom is 0.306 e. The van der Waals surface area contributed by atoms with Crippen molar-refractivity contribution in [2.75, 3.05) is 33.3 Å². The quantitative estimate of drug-likeness (QED) is 0.751. The Morgan fingerprint density at radius 3 is 1.96 bits per heavy atom. The van der Waals surface area contributed by atoms with Crippen LogP contribution in [0.25, 0.3) is 0 Å². The Balaban J connectivity index is 1.85. The number of piperazine rings is 1. The second-order valence-corrected chi connectivity index (χ2v) is 6.88. The van der Waals surface area contributed by atoms with Gasteiger partial charge in [-0.15, -0.1) is 0 Å². The largest absolute Gasteiger partial charge is 0.469 e. The topological polar surface area (TPSA) is 66.9 Å². The van der Waals surface area contributed by atoms with Gasteiger partial charge in [0.1, 0.15) is 0 Å². The fourth-order valence-corrected chi connectivity index (χ4v) is 3.16. The molecule has 0 atom stereocenters. The van der Waals surface area contributed by atoms with Crippen molar-refractivity contribution >= 4 is 17.8 Å². The zero-order chi connectivity index (χ0) is 19.3. The highest BCUT2D eigenvalue weighted by Crippen LogP contribution is 2.17. The molecule has 1 aliphatic rings.